The van der Waals surface area contributed by atoms with Crippen LogP contribution in [0.3, 0.4) is 0 Å². The smallest absolute Gasteiger partial charge is 0.164 e. The fourth-order valence-electron chi connectivity index (χ4n) is 6.62. The molecule has 1 heterocycles. The van der Waals surface area contributed by atoms with Crippen LogP contribution < -0.4 is 16.2 Å². The molecule has 1 unspecified atom stereocenters. The van der Waals surface area contributed by atoms with Crippen LogP contribution in [0.25, 0.3) is 68.2 Å². The van der Waals surface area contributed by atoms with Gasteiger partial charge < -0.3 is 5.73 Å². The summed E-state index contributed by atoms with van der Waals surface area (Å²) in [5, 5.41) is 4.51. The van der Waals surface area contributed by atoms with E-state index in [1.54, 1.807) is 0 Å². The third-order valence-corrected chi connectivity index (χ3v) is 8.98. The highest BCUT2D eigenvalue weighted by atomic mass is 15.0. The topological polar surface area (TPSA) is 77.0 Å². The van der Waals surface area contributed by atoms with Gasteiger partial charge in [0, 0.05) is 39.4 Å². The van der Waals surface area contributed by atoms with Crippen LogP contribution in [0.4, 0.5) is 11.4 Å². The minimum absolute atomic E-state index is 0.219. The van der Waals surface area contributed by atoms with Gasteiger partial charge in [0.05, 0.1) is 11.4 Å². The molecule has 8 rings (SSSR count). The Hall–Kier alpha value is -6.20. The van der Waals surface area contributed by atoms with Gasteiger partial charge in [0.2, 0.25) is 0 Å². The van der Waals surface area contributed by atoms with Crippen molar-refractivity contribution < 1.29 is 0 Å². The molecule has 6 aromatic carbocycles. The average molecular weight is 620 g/mol. The van der Waals surface area contributed by atoms with Gasteiger partial charge in [0.25, 0.3) is 0 Å². The summed E-state index contributed by atoms with van der Waals surface area (Å²) in [5.41, 5.74) is 14.6. The van der Waals surface area contributed by atoms with Crippen molar-refractivity contribution in [1.82, 2.24) is 15.0 Å². The highest BCUT2D eigenvalue weighted by Crippen LogP contribution is 2.33. The van der Waals surface area contributed by atoms with E-state index < -0.39 is 0 Å². The Labute approximate surface area is 279 Å². The Kier molecular flexibility index (Phi) is 7.63. The SMILES string of the molecule is CC=Nc1c(N)c2ccccc2c2c1=CCC(c1cccc(-c3cccc(-c4nc(-c5ccccc5)nc(-c5ccccc5)n4)c3)c1)C=2. The van der Waals surface area contributed by atoms with Gasteiger partial charge in [-0.05, 0) is 46.7 Å². The predicted octanol–water partition coefficient (Wildman–Crippen LogP) is 8.75. The summed E-state index contributed by atoms with van der Waals surface area (Å²) in [6, 6.07) is 45.8. The second-order valence-electron chi connectivity index (χ2n) is 12.0. The molecule has 0 amide bonds. The number of rotatable bonds is 6. The Morgan fingerprint density at radius 1 is 0.583 bits per heavy atom. The molecule has 0 saturated heterocycles. The van der Waals surface area contributed by atoms with Crippen LogP contribution in [0.5, 0.6) is 0 Å². The van der Waals surface area contributed by atoms with Crippen LogP contribution in [0.2, 0.25) is 0 Å². The molecule has 5 heteroatoms. The van der Waals surface area contributed by atoms with Gasteiger partial charge in [-0.25, -0.2) is 15.0 Å². The second kappa shape index (κ2) is 12.5. The maximum Gasteiger partial charge on any atom is 0.164 e. The Morgan fingerprint density at radius 3 is 1.79 bits per heavy atom. The minimum Gasteiger partial charge on any atom is -0.396 e. The first-order valence-corrected chi connectivity index (χ1v) is 16.2. The Balaban J connectivity index is 1.19. The van der Waals surface area contributed by atoms with Crippen LogP contribution in [0, 0.1) is 0 Å². The van der Waals surface area contributed by atoms with E-state index in [0.29, 0.717) is 17.5 Å². The van der Waals surface area contributed by atoms with Gasteiger partial charge in [-0.2, -0.15) is 0 Å². The van der Waals surface area contributed by atoms with Crippen LogP contribution in [-0.2, 0) is 0 Å². The van der Waals surface area contributed by atoms with E-state index in [4.69, 9.17) is 20.7 Å². The van der Waals surface area contributed by atoms with E-state index in [1.807, 2.05) is 79.9 Å². The van der Waals surface area contributed by atoms with Crippen molar-refractivity contribution in [3.8, 4) is 45.3 Å². The quantitative estimate of drug-likeness (QED) is 0.149. The maximum atomic E-state index is 6.63. The van der Waals surface area contributed by atoms with Crippen molar-refractivity contribution >= 4 is 40.5 Å². The van der Waals surface area contributed by atoms with Crippen molar-refractivity contribution in [3.63, 3.8) is 0 Å². The van der Waals surface area contributed by atoms with E-state index >= 15 is 0 Å². The monoisotopic (exact) mass is 619 g/mol. The van der Waals surface area contributed by atoms with Crippen LogP contribution in [0.15, 0.2) is 138 Å². The Bertz CT molecular complexity index is 2390. The van der Waals surface area contributed by atoms with Crippen LogP contribution >= 0.6 is 0 Å². The number of anilines is 1. The standard InChI is InChI=1S/C43H33N5/c1-2-45-40-37-24-23-33(27-38(37)35-21-9-10-22-36(35)39(40)44)31-18-11-17-30(25-31)32-19-12-20-34(26-32)43-47-41(28-13-5-3-6-14-28)46-42(48-43)29-15-7-4-8-16-29/h2-22,24-27,33H,23,44H2,1H3. The first kappa shape index (κ1) is 29.2. The van der Waals surface area contributed by atoms with Gasteiger partial charge in [0.1, 0.15) is 0 Å². The molecule has 0 spiro atoms. The van der Waals surface area contributed by atoms with Crippen molar-refractivity contribution in [2.75, 3.05) is 5.73 Å². The lowest BCUT2D eigenvalue weighted by atomic mass is 9.87. The second-order valence-corrected chi connectivity index (χ2v) is 12.0. The normalized spacial score (nSPS) is 14.0. The first-order valence-electron chi connectivity index (χ1n) is 16.2. The largest absolute Gasteiger partial charge is 0.396 e. The van der Waals surface area contributed by atoms with Gasteiger partial charge in [0.15, 0.2) is 17.5 Å². The lowest BCUT2D eigenvalue weighted by molar-refractivity contribution is 0.923. The van der Waals surface area contributed by atoms with Crippen LogP contribution in [0.1, 0.15) is 24.8 Å². The number of aliphatic imine (C=N–C) groups is 1. The number of nitrogen functional groups attached to an aromatic ring is 1. The van der Waals surface area contributed by atoms with Crippen molar-refractivity contribution in [2.24, 2.45) is 4.99 Å². The predicted molar refractivity (Wildman–Crippen MR) is 199 cm³/mol. The van der Waals surface area contributed by atoms with Gasteiger partial charge in [-0.3, -0.25) is 4.99 Å². The van der Waals surface area contributed by atoms with E-state index in [0.717, 1.165) is 61.6 Å². The van der Waals surface area contributed by atoms with Crippen LogP contribution in [-0.4, -0.2) is 21.2 Å². The van der Waals surface area contributed by atoms with Crippen molar-refractivity contribution in [2.45, 2.75) is 19.3 Å². The number of hydrogen-bond acceptors (Lipinski definition) is 5. The minimum atomic E-state index is 0.219. The van der Waals surface area contributed by atoms with Crippen molar-refractivity contribution in [1.29, 1.82) is 0 Å². The first-order chi connectivity index (χ1) is 23.7. The molecular formula is C43H33N5. The summed E-state index contributed by atoms with van der Waals surface area (Å²) >= 11 is 0. The summed E-state index contributed by atoms with van der Waals surface area (Å²) in [5.74, 6) is 2.16. The summed E-state index contributed by atoms with van der Waals surface area (Å²) in [6.07, 6.45) is 7.38. The summed E-state index contributed by atoms with van der Waals surface area (Å²) in [7, 11) is 0. The number of aromatic nitrogens is 3. The molecule has 0 bridgehead atoms. The zero-order valence-corrected chi connectivity index (χ0v) is 26.6. The van der Waals surface area contributed by atoms with E-state index in [-0.39, 0.29) is 5.92 Å². The zero-order valence-electron chi connectivity index (χ0n) is 26.6. The number of fused-ring (bicyclic) bond motifs is 3. The maximum absolute atomic E-state index is 6.63. The lowest BCUT2D eigenvalue weighted by Crippen LogP contribution is -2.30. The molecule has 5 nitrogen and oxygen atoms in total. The third-order valence-electron chi connectivity index (χ3n) is 8.98. The zero-order chi connectivity index (χ0) is 32.5. The molecule has 1 atom stereocenters. The molecule has 2 N–H and O–H groups in total. The fourth-order valence-corrected chi connectivity index (χ4v) is 6.62. The summed E-state index contributed by atoms with van der Waals surface area (Å²) in [4.78, 5) is 19.4. The average Bonchev–Trinajstić information content (AvgIpc) is 3.17. The summed E-state index contributed by atoms with van der Waals surface area (Å²) in [6.45, 7) is 1.93. The highest BCUT2D eigenvalue weighted by Gasteiger charge is 2.17. The number of hydrogen-bond donors (Lipinski definition) is 1. The number of nitrogens with two attached hydrogens (primary N) is 1. The summed E-state index contributed by atoms with van der Waals surface area (Å²) < 4.78 is 0. The van der Waals surface area contributed by atoms with Crippen molar-refractivity contribution in [3.05, 3.63) is 149 Å². The third kappa shape index (κ3) is 5.46. The molecule has 0 aliphatic heterocycles. The van der Waals surface area contributed by atoms with Gasteiger partial charge in [-0.15, -0.1) is 0 Å². The molecule has 7 aromatic rings. The molecule has 0 fully saturated rings. The molecule has 1 aliphatic carbocycles. The molecule has 1 aliphatic rings. The Morgan fingerprint density at radius 2 is 1.12 bits per heavy atom. The molecular weight excluding hydrogens is 587 g/mol. The molecule has 0 radical (unpaired) electrons. The number of nitrogens with zero attached hydrogens (tertiary/aromatic N) is 4. The molecule has 230 valence electrons. The lowest BCUT2D eigenvalue weighted by Gasteiger charge is -2.19. The van der Waals surface area contributed by atoms with E-state index in [9.17, 15) is 0 Å². The number of benzene rings is 6. The molecule has 1 aromatic heterocycles. The van der Waals surface area contributed by atoms with E-state index in [1.165, 1.54) is 10.8 Å². The van der Waals surface area contributed by atoms with Gasteiger partial charge >= 0.3 is 0 Å². The molecule has 0 saturated carbocycles. The van der Waals surface area contributed by atoms with E-state index in [2.05, 4.69) is 83.9 Å². The molecule has 48 heavy (non-hydrogen) atoms. The fraction of sp³-hybridized carbons (Fsp3) is 0.0698. The van der Waals surface area contributed by atoms with Gasteiger partial charge in [-0.1, -0.05) is 140 Å². The highest BCUT2D eigenvalue weighted by molar-refractivity contribution is 6.00.